The standard InChI is InChI=1S/C24H24F6O/c1-2-31-19-13-12-18(23(29)24(19)30)17-11-10-16(21(27)22(17)28)15-8-6-14(7-9-15)4-3-5-20(25)26/h5,10-15H,2-4,6-9H2,1H3. The predicted molar refractivity (Wildman–Crippen MR) is 107 cm³/mol. The van der Waals surface area contributed by atoms with E-state index in [0.29, 0.717) is 25.7 Å². The summed E-state index contributed by atoms with van der Waals surface area (Å²) < 4.78 is 87.5. The van der Waals surface area contributed by atoms with Crippen LogP contribution in [0.4, 0.5) is 26.3 Å². The Kier molecular flexibility index (Phi) is 7.68. The summed E-state index contributed by atoms with van der Waals surface area (Å²) >= 11 is 0. The molecule has 2 aromatic carbocycles. The summed E-state index contributed by atoms with van der Waals surface area (Å²) in [6, 6.07) is 5.05. The Morgan fingerprint density at radius 1 is 0.871 bits per heavy atom. The van der Waals surface area contributed by atoms with Gasteiger partial charge in [-0.3, -0.25) is 0 Å². The molecule has 0 radical (unpaired) electrons. The molecule has 1 saturated carbocycles. The first-order chi connectivity index (χ1) is 14.8. The maximum atomic E-state index is 14.8. The molecule has 3 rings (SSSR count). The third-order valence-electron chi connectivity index (χ3n) is 5.91. The number of halogens is 6. The molecule has 1 aliphatic carbocycles. The molecular weight excluding hydrogens is 418 g/mol. The molecule has 0 saturated heterocycles. The average Bonchev–Trinajstić information content (AvgIpc) is 2.75. The van der Waals surface area contributed by atoms with Crippen LogP contribution in [0.15, 0.2) is 36.4 Å². The van der Waals surface area contributed by atoms with E-state index in [1.807, 2.05) is 0 Å². The van der Waals surface area contributed by atoms with Crippen molar-refractivity contribution in [3.63, 3.8) is 0 Å². The highest BCUT2D eigenvalue weighted by Crippen LogP contribution is 2.41. The lowest BCUT2D eigenvalue weighted by atomic mass is 9.77. The minimum atomic E-state index is -1.69. The van der Waals surface area contributed by atoms with Gasteiger partial charge in [0.05, 0.1) is 6.61 Å². The van der Waals surface area contributed by atoms with E-state index >= 15 is 0 Å². The van der Waals surface area contributed by atoms with Gasteiger partial charge in [0.15, 0.2) is 23.2 Å². The molecule has 1 fully saturated rings. The fraction of sp³-hybridized carbons (Fsp3) is 0.417. The molecule has 1 aliphatic rings. The van der Waals surface area contributed by atoms with Crippen molar-refractivity contribution in [1.82, 2.24) is 0 Å². The third kappa shape index (κ3) is 5.25. The quantitative estimate of drug-likeness (QED) is 0.393. The lowest BCUT2D eigenvalue weighted by Crippen LogP contribution is -2.15. The van der Waals surface area contributed by atoms with E-state index in [0.717, 1.165) is 18.9 Å². The van der Waals surface area contributed by atoms with Crippen LogP contribution < -0.4 is 4.74 Å². The van der Waals surface area contributed by atoms with Gasteiger partial charge >= 0.3 is 0 Å². The van der Waals surface area contributed by atoms with Crippen molar-refractivity contribution < 1.29 is 31.1 Å². The van der Waals surface area contributed by atoms with Crippen molar-refractivity contribution in [1.29, 1.82) is 0 Å². The Balaban J connectivity index is 1.76. The molecular formula is C24H24F6O. The SMILES string of the molecule is CCOc1ccc(-c2ccc(C3CCC(CCC=C(F)F)CC3)c(F)c2F)c(F)c1F. The van der Waals surface area contributed by atoms with Crippen molar-refractivity contribution in [3.05, 3.63) is 65.3 Å². The maximum Gasteiger partial charge on any atom is 0.266 e. The van der Waals surface area contributed by atoms with Crippen molar-refractivity contribution in [3.8, 4) is 16.9 Å². The largest absolute Gasteiger partial charge is 0.491 e. The van der Waals surface area contributed by atoms with E-state index in [9.17, 15) is 26.3 Å². The van der Waals surface area contributed by atoms with E-state index in [-0.39, 0.29) is 40.9 Å². The summed E-state index contributed by atoms with van der Waals surface area (Å²) in [4.78, 5) is 0. The summed E-state index contributed by atoms with van der Waals surface area (Å²) in [7, 11) is 0. The van der Waals surface area contributed by atoms with Gasteiger partial charge in [-0.2, -0.15) is 13.2 Å². The van der Waals surface area contributed by atoms with Gasteiger partial charge in [0, 0.05) is 11.1 Å². The van der Waals surface area contributed by atoms with E-state index < -0.39 is 29.3 Å². The van der Waals surface area contributed by atoms with Crippen molar-refractivity contribution >= 4 is 0 Å². The predicted octanol–water partition coefficient (Wildman–Crippen LogP) is 8.14. The van der Waals surface area contributed by atoms with E-state index in [1.54, 1.807) is 6.92 Å². The number of benzene rings is 2. The van der Waals surface area contributed by atoms with Crippen LogP contribution in [0.1, 0.15) is 56.9 Å². The summed E-state index contributed by atoms with van der Waals surface area (Å²) in [5, 5.41) is 0. The van der Waals surface area contributed by atoms with Crippen LogP contribution in [0.2, 0.25) is 0 Å². The Bertz CT molecular complexity index is 944. The minimum Gasteiger partial charge on any atom is -0.491 e. The molecule has 0 aliphatic heterocycles. The van der Waals surface area contributed by atoms with E-state index in [2.05, 4.69) is 0 Å². The molecule has 0 bridgehead atoms. The van der Waals surface area contributed by atoms with Crippen LogP contribution >= 0.6 is 0 Å². The van der Waals surface area contributed by atoms with Gasteiger partial charge in [-0.25, -0.2) is 13.2 Å². The van der Waals surface area contributed by atoms with Gasteiger partial charge in [0.1, 0.15) is 0 Å². The van der Waals surface area contributed by atoms with Crippen LogP contribution in [0.25, 0.3) is 11.1 Å². The zero-order valence-corrected chi connectivity index (χ0v) is 17.2. The fourth-order valence-corrected chi connectivity index (χ4v) is 4.28. The molecule has 2 aromatic rings. The summed E-state index contributed by atoms with van der Waals surface area (Å²) in [6.07, 6.45) is 2.89. The highest BCUT2D eigenvalue weighted by atomic mass is 19.3. The third-order valence-corrected chi connectivity index (χ3v) is 5.91. The first-order valence-electron chi connectivity index (χ1n) is 10.4. The molecule has 1 nitrogen and oxygen atoms in total. The van der Waals surface area contributed by atoms with Crippen LogP contribution in [0, 0.1) is 29.2 Å². The van der Waals surface area contributed by atoms with Gasteiger partial charge in [-0.15, -0.1) is 0 Å². The number of ether oxygens (including phenoxy) is 1. The number of hydrogen-bond acceptors (Lipinski definition) is 1. The molecule has 31 heavy (non-hydrogen) atoms. The first-order valence-corrected chi connectivity index (χ1v) is 10.4. The fourth-order valence-electron chi connectivity index (χ4n) is 4.28. The smallest absolute Gasteiger partial charge is 0.266 e. The van der Waals surface area contributed by atoms with Crippen molar-refractivity contribution in [2.75, 3.05) is 6.61 Å². The highest BCUT2D eigenvalue weighted by Gasteiger charge is 2.27. The molecule has 0 heterocycles. The normalized spacial score (nSPS) is 18.7. The van der Waals surface area contributed by atoms with E-state index in [1.165, 1.54) is 24.3 Å². The molecule has 168 valence electrons. The summed E-state index contributed by atoms with van der Waals surface area (Å²) in [5.41, 5.74) is -0.517. The molecule has 7 heteroatoms. The lowest BCUT2D eigenvalue weighted by molar-refractivity contribution is 0.304. The maximum absolute atomic E-state index is 14.8. The second-order valence-electron chi connectivity index (χ2n) is 7.79. The highest BCUT2D eigenvalue weighted by molar-refractivity contribution is 5.66. The topological polar surface area (TPSA) is 9.23 Å². The van der Waals surface area contributed by atoms with Gasteiger partial charge in [0.2, 0.25) is 5.82 Å². The molecule has 0 amide bonds. The molecule has 0 N–H and O–H groups in total. The van der Waals surface area contributed by atoms with Crippen LogP contribution in [-0.4, -0.2) is 6.61 Å². The van der Waals surface area contributed by atoms with Crippen molar-refractivity contribution in [2.45, 2.75) is 51.4 Å². The van der Waals surface area contributed by atoms with Gasteiger partial charge in [-0.1, -0.05) is 12.1 Å². The Morgan fingerprint density at radius 3 is 2.10 bits per heavy atom. The molecule has 0 atom stereocenters. The molecule has 0 aromatic heterocycles. The molecule has 0 unspecified atom stereocenters. The van der Waals surface area contributed by atoms with Crippen molar-refractivity contribution in [2.24, 2.45) is 5.92 Å². The average molecular weight is 442 g/mol. The second-order valence-corrected chi connectivity index (χ2v) is 7.79. The van der Waals surface area contributed by atoms with E-state index in [4.69, 9.17) is 4.74 Å². The zero-order valence-electron chi connectivity index (χ0n) is 17.2. The monoisotopic (exact) mass is 442 g/mol. The summed E-state index contributed by atoms with van der Waals surface area (Å²) in [6.45, 7) is 1.76. The Labute approximate surface area is 177 Å². The van der Waals surface area contributed by atoms with Gasteiger partial charge in [0.25, 0.3) is 6.08 Å². The Morgan fingerprint density at radius 2 is 1.48 bits per heavy atom. The van der Waals surface area contributed by atoms with Gasteiger partial charge < -0.3 is 4.74 Å². The number of rotatable bonds is 7. The van der Waals surface area contributed by atoms with Crippen LogP contribution in [-0.2, 0) is 0 Å². The summed E-state index contributed by atoms with van der Waals surface area (Å²) in [5.74, 6) is -5.03. The van der Waals surface area contributed by atoms with Gasteiger partial charge in [-0.05, 0) is 81.1 Å². The number of hydrogen-bond donors (Lipinski definition) is 0. The lowest BCUT2D eigenvalue weighted by Gasteiger charge is -2.29. The molecule has 0 spiro atoms. The van der Waals surface area contributed by atoms with Crippen LogP contribution in [0.3, 0.4) is 0 Å². The Hall–Kier alpha value is -2.44. The minimum absolute atomic E-state index is 0.138. The second kappa shape index (κ2) is 10.2. The first kappa shape index (κ1) is 23.2. The number of allylic oxidation sites excluding steroid dienone is 1. The zero-order chi connectivity index (χ0) is 22.5. The van der Waals surface area contributed by atoms with Crippen LogP contribution in [0.5, 0.6) is 5.75 Å².